The summed E-state index contributed by atoms with van der Waals surface area (Å²) in [6.07, 6.45) is 2.42. The Balaban J connectivity index is 1.67. The van der Waals surface area contributed by atoms with Crippen LogP contribution in [0.15, 0.2) is 58.4 Å². The van der Waals surface area contributed by atoms with Gasteiger partial charge in [0.25, 0.3) is 0 Å². The zero-order chi connectivity index (χ0) is 21.7. The Kier molecular flexibility index (Phi) is 7.07. The number of amides is 1. The van der Waals surface area contributed by atoms with Crippen molar-refractivity contribution in [1.29, 1.82) is 0 Å². The zero-order valence-corrected chi connectivity index (χ0v) is 18.0. The monoisotopic (exact) mass is 492 g/mol. The van der Waals surface area contributed by atoms with Crippen molar-refractivity contribution in [1.82, 2.24) is 4.98 Å². The van der Waals surface area contributed by atoms with Crippen LogP contribution in [0.5, 0.6) is 0 Å². The number of ether oxygens (including phenoxy) is 1. The molecule has 0 fully saturated rings. The van der Waals surface area contributed by atoms with E-state index in [1.807, 2.05) is 0 Å². The molecule has 1 heterocycles. The fourth-order valence-corrected chi connectivity index (χ4v) is 3.74. The van der Waals surface area contributed by atoms with Crippen molar-refractivity contribution < 1.29 is 23.1 Å². The van der Waals surface area contributed by atoms with Crippen LogP contribution in [0.2, 0.25) is 0 Å². The molecule has 0 spiro atoms. The lowest BCUT2D eigenvalue weighted by Crippen LogP contribution is -2.23. The number of anilines is 2. The fourth-order valence-electron chi connectivity index (χ4n) is 2.50. The van der Waals surface area contributed by atoms with Crippen LogP contribution in [0, 0.1) is 11.6 Å². The Labute approximate surface area is 183 Å². The van der Waals surface area contributed by atoms with Gasteiger partial charge in [0.05, 0.1) is 11.4 Å². The van der Waals surface area contributed by atoms with E-state index in [9.17, 15) is 18.4 Å². The molecule has 0 saturated carbocycles. The fraction of sp³-hybridized carbons (Fsp3) is 0.0952. The maximum Gasteiger partial charge on any atom is 0.331 e. The van der Waals surface area contributed by atoms with Crippen LogP contribution in [0.1, 0.15) is 18.2 Å². The Hall–Kier alpha value is -2.91. The molecule has 3 aromatic rings. The third kappa shape index (κ3) is 5.37. The summed E-state index contributed by atoms with van der Waals surface area (Å²) in [5, 5.41) is 1.86. The maximum atomic E-state index is 14.1. The maximum absolute atomic E-state index is 14.1. The van der Waals surface area contributed by atoms with E-state index < -0.39 is 23.5 Å². The third-order valence-corrected chi connectivity index (χ3v) is 5.23. The van der Waals surface area contributed by atoms with Gasteiger partial charge >= 0.3 is 5.97 Å². The number of thiazole rings is 1. The SMILES string of the molecule is CC(=O)N(c1nc(COC(=O)/C=C/c2cc(Br)ccc2F)cs1)c1ccccc1F. The molecule has 0 saturated heterocycles. The quantitative estimate of drug-likeness (QED) is 0.330. The molecule has 3 rings (SSSR count). The topological polar surface area (TPSA) is 59.5 Å². The molecule has 1 amide bonds. The summed E-state index contributed by atoms with van der Waals surface area (Å²) >= 11 is 4.35. The van der Waals surface area contributed by atoms with E-state index in [0.29, 0.717) is 10.2 Å². The highest BCUT2D eigenvalue weighted by atomic mass is 79.9. The first-order valence-electron chi connectivity index (χ1n) is 8.64. The number of hydrogen-bond acceptors (Lipinski definition) is 5. The average molecular weight is 493 g/mol. The lowest BCUT2D eigenvalue weighted by molar-refractivity contribution is -0.139. The van der Waals surface area contributed by atoms with E-state index in [-0.39, 0.29) is 23.0 Å². The average Bonchev–Trinajstić information content (AvgIpc) is 3.17. The van der Waals surface area contributed by atoms with Gasteiger partial charge in [0.15, 0.2) is 5.13 Å². The van der Waals surface area contributed by atoms with Gasteiger partial charge in [-0.05, 0) is 36.4 Å². The van der Waals surface area contributed by atoms with Crippen LogP contribution in [-0.4, -0.2) is 16.9 Å². The van der Waals surface area contributed by atoms with Crippen molar-refractivity contribution in [2.45, 2.75) is 13.5 Å². The van der Waals surface area contributed by atoms with Crippen molar-refractivity contribution in [2.75, 3.05) is 4.90 Å². The minimum atomic E-state index is -0.679. The van der Waals surface area contributed by atoms with E-state index in [4.69, 9.17) is 4.74 Å². The first-order chi connectivity index (χ1) is 14.3. The van der Waals surface area contributed by atoms with Crippen molar-refractivity contribution in [3.05, 3.63) is 81.3 Å². The number of aromatic nitrogens is 1. The second-order valence-corrected chi connectivity index (χ2v) is 7.79. The highest BCUT2D eigenvalue weighted by molar-refractivity contribution is 9.10. The minimum Gasteiger partial charge on any atom is -0.456 e. The van der Waals surface area contributed by atoms with E-state index in [0.717, 1.165) is 22.3 Å². The summed E-state index contributed by atoms with van der Waals surface area (Å²) in [4.78, 5) is 29.4. The lowest BCUT2D eigenvalue weighted by Gasteiger charge is -2.18. The van der Waals surface area contributed by atoms with Crippen molar-refractivity contribution in [3.63, 3.8) is 0 Å². The zero-order valence-electron chi connectivity index (χ0n) is 15.6. The lowest BCUT2D eigenvalue weighted by atomic mass is 10.2. The van der Waals surface area contributed by atoms with Gasteiger partial charge in [0.1, 0.15) is 18.2 Å². The second-order valence-electron chi connectivity index (χ2n) is 6.03. The molecule has 0 bridgehead atoms. The van der Waals surface area contributed by atoms with Crippen LogP contribution >= 0.6 is 27.3 Å². The van der Waals surface area contributed by atoms with Gasteiger partial charge in [-0.3, -0.25) is 9.69 Å². The molecule has 9 heteroatoms. The molecule has 30 heavy (non-hydrogen) atoms. The molecular formula is C21H15BrF2N2O3S. The normalized spacial score (nSPS) is 10.9. The molecule has 154 valence electrons. The van der Waals surface area contributed by atoms with Crippen molar-refractivity contribution in [2.24, 2.45) is 0 Å². The smallest absolute Gasteiger partial charge is 0.331 e. The van der Waals surface area contributed by atoms with Gasteiger partial charge in [-0.25, -0.2) is 18.6 Å². The van der Waals surface area contributed by atoms with Gasteiger partial charge in [-0.2, -0.15) is 0 Å². The number of rotatable bonds is 6. The Bertz CT molecular complexity index is 1120. The second kappa shape index (κ2) is 9.73. The number of esters is 1. The predicted molar refractivity (Wildman–Crippen MR) is 114 cm³/mol. The molecule has 0 aliphatic heterocycles. The van der Waals surface area contributed by atoms with E-state index in [2.05, 4.69) is 20.9 Å². The van der Waals surface area contributed by atoms with Crippen molar-refractivity contribution in [3.8, 4) is 0 Å². The number of nitrogens with zero attached hydrogens (tertiary/aromatic N) is 2. The van der Waals surface area contributed by atoms with Gasteiger partial charge in [0, 0.05) is 28.4 Å². The van der Waals surface area contributed by atoms with E-state index in [1.54, 1.807) is 17.5 Å². The van der Waals surface area contributed by atoms with Gasteiger partial charge < -0.3 is 4.74 Å². The number of carbonyl (C=O) groups is 2. The molecule has 0 N–H and O–H groups in total. The summed E-state index contributed by atoms with van der Waals surface area (Å²) in [7, 11) is 0. The molecule has 0 atom stereocenters. The van der Waals surface area contributed by atoms with Crippen LogP contribution in [0.4, 0.5) is 19.6 Å². The minimum absolute atomic E-state index is 0.0851. The molecule has 0 radical (unpaired) electrons. The Morgan fingerprint density at radius 3 is 2.70 bits per heavy atom. The number of halogens is 3. The van der Waals surface area contributed by atoms with Crippen LogP contribution < -0.4 is 4.90 Å². The van der Waals surface area contributed by atoms with Gasteiger partial charge in [0.2, 0.25) is 5.91 Å². The summed E-state index contributed by atoms with van der Waals surface area (Å²) in [5.41, 5.74) is 0.717. The highest BCUT2D eigenvalue weighted by Crippen LogP contribution is 2.30. The number of carbonyl (C=O) groups excluding carboxylic acids is 2. The number of benzene rings is 2. The summed E-state index contributed by atoms with van der Waals surface area (Å²) in [6, 6.07) is 10.2. The molecule has 0 aliphatic carbocycles. The summed E-state index contributed by atoms with van der Waals surface area (Å²) in [5.74, 6) is -2.11. The first kappa shape index (κ1) is 21.8. The first-order valence-corrected chi connectivity index (χ1v) is 10.3. The number of para-hydroxylation sites is 1. The molecule has 0 aliphatic rings. The summed E-state index contributed by atoms with van der Waals surface area (Å²) < 4.78 is 33.6. The predicted octanol–water partition coefficient (Wildman–Crippen LogP) is 5.63. The van der Waals surface area contributed by atoms with Crippen LogP contribution in [0.3, 0.4) is 0 Å². The summed E-state index contributed by atoms with van der Waals surface area (Å²) in [6.45, 7) is 1.16. The standard InChI is InChI=1S/C21H15BrF2N2O3S/c1-13(27)26(19-5-3-2-4-18(19)24)21-25-16(12-30-21)11-29-20(28)9-6-14-10-15(22)7-8-17(14)23/h2-10,12H,11H2,1H3/b9-6+. The molecule has 2 aromatic carbocycles. The van der Waals surface area contributed by atoms with Crippen molar-refractivity contribution >= 4 is 56.0 Å². The third-order valence-electron chi connectivity index (χ3n) is 3.86. The van der Waals surface area contributed by atoms with Crippen LogP contribution in [-0.2, 0) is 20.9 Å². The molecular weight excluding hydrogens is 478 g/mol. The van der Waals surface area contributed by atoms with E-state index in [1.165, 1.54) is 43.3 Å². The molecule has 0 unspecified atom stereocenters. The van der Waals surface area contributed by atoms with Crippen LogP contribution in [0.25, 0.3) is 6.08 Å². The Morgan fingerprint density at radius 1 is 1.20 bits per heavy atom. The van der Waals surface area contributed by atoms with E-state index >= 15 is 0 Å². The largest absolute Gasteiger partial charge is 0.456 e. The van der Waals surface area contributed by atoms with Gasteiger partial charge in [-0.1, -0.05) is 28.1 Å². The van der Waals surface area contributed by atoms with Gasteiger partial charge in [-0.15, -0.1) is 11.3 Å². The Morgan fingerprint density at radius 2 is 1.97 bits per heavy atom. The molecule has 1 aromatic heterocycles. The number of hydrogen-bond donors (Lipinski definition) is 0. The highest BCUT2D eigenvalue weighted by Gasteiger charge is 2.21. The molecule has 5 nitrogen and oxygen atoms in total.